The molecule has 4 nitrogen and oxygen atoms in total. The fourth-order valence-corrected chi connectivity index (χ4v) is 1.33. The molecule has 0 radical (unpaired) electrons. The molecule has 0 saturated heterocycles. The number of likely N-dealkylation sites (N-methyl/N-ethyl adjacent to an activating group) is 1. The third-order valence-electron chi connectivity index (χ3n) is 2.18. The summed E-state index contributed by atoms with van der Waals surface area (Å²) in [5.74, 6) is -0.203. The molecule has 1 aromatic rings. The first kappa shape index (κ1) is 14.4. The van der Waals surface area contributed by atoms with Crippen molar-refractivity contribution >= 4 is 5.91 Å². The lowest BCUT2D eigenvalue weighted by Gasteiger charge is -2.07. The molecule has 18 heavy (non-hydrogen) atoms. The minimum Gasteiger partial charge on any atom is -0.435 e. The number of halogens is 2. The van der Waals surface area contributed by atoms with Crippen molar-refractivity contribution in [2.75, 3.05) is 19.6 Å². The highest BCUT2D eigenvalue weighted by atomic mass is 19.3. The quantitative estimate of drug-likeness (QED) is 0.731. The molecule has 1 amide bonds. The Morgan fingerprint density at radius 3 is 2.50 bits per heavy atom. The van der Waals surface area contributed by atoms with Crippen molar-refractivity contribution in [3.05, 3.63) is 29.8 Å². The Labute approximate surface area is 104 Å². The second-order valence-electron chi connectivity index (χ2n) is 3.51. The number of hydrogen-bond acceptors (Lipinski definition) is 3. The fraction of sp³-hybridized carbons (Fsp3) is 0.417. The van der Waals surface area contributed by atoms with Crippen LogP contribution in [-0.2, 0) is 0 Å². The summed E-state index contributed by atoms with van der Waals surface area (Å²) in [6.45, 7) is 1.17. The van der Waals surface area contributed by atoms with Crippen LogP contribution in [0.4, 0.5) is 8.78 Å². The highest BCUT2D eigenvalue weighted by Gasteiger charge is 2.07. The van der Waals surface area contributed by atoms with Crippen LogP contribution in [-0.4, -0.2) is 32.2 Å². The average molecular weight is 258 g/mol. The lowest BCUT2D eigenvalue weighted by molar-refractivity contribution is -0.0498. The van der Waals surface area contributed by atoms with Gasteiger partial charge in [-0.2, -0.15) is 8.78 Å². The molecule has 0 unspecified atom stereocenters. The minimum atomic E-state index is -2.86. The molecule has 1 aromatic carbocycles. The van der Waals surface area contributed by atoms with Gasteiger partial charge in [-0.15, -0.1) is 0 Å². The maximum Gasteiger partial charge on any atom is 0.387 e. The summed E-state index contributed by atoms with van der Waals surface area (Å²) >= 11 is 0. The molecule has 0 saturated carbocycles. The topological polar surface area (TPSA) is 50.4 Å². The summed E-state index contributed by atoms with van der Waals surface area (Å²) in [6.07, 6.45) is 0. The van der Waals surface area contributed by atoms with E-state index in [0.717, 1.165) is 6.54 Å². The maximum atomic E-state index is 11.9. The molecule has 0 atom stereocenters. The molecule has 0 fully saturated rings. The maximum absolute atomic E-state index is 11.9. The molecule has 0 aliphatic rings. The molecule has 0 aromatic heterocycles. The molecular weight excluding hydrogens is 242 g/mol. The van der Waals surface area contributed by atoms with E-state index in [1.54, 1.807) is 0 Å². The van der Waals surface area contributed by atoms with Crippen LogP contribution in [0, 0.1) is 0 Å². The molecule has 0 heterocycles. The number of rotatable bonds is 7. The summed E-state index contributed by atoms with van der Waals surface area (Å²) < 4.78 is 28.0. The minimum absolute atomic E-state index is 0.0363. The Balaban J connectivity index is 2.43. The van der Waals surface area contributed by atoms with Crippen LogP contribution in [0.1, 0.15) is 17.3 Å². The van der Waals surface area contributed by atoms with E-state index in [9.17, 15) is 13.6 Å². The number of ether oxygens (including phenoxy) is 1. The smallest absolute Gasteiger partial charge is 0.387 e. The predicted octanol–water partition coefficient (Wildman–Crippen LogP) is 1.63. The van der Waals surface area contributed by atoms with Crippen LogP contribution in [0.3, 0.4) is 0 Å². The first-order valence-electron chi connectivity index (χ1n) is 5.67. The van der Waals surface area contributed by atoms with Gasteiger partial charge in [-0.1, -0.05) is 6.92 Å². The average Bonchev–Trinajstić information content (AvgIpc) is 2.34. The number of carbonyl (C=O) groups is 1. The van der Waals surface area contributed by atoms with Gasteiger partial charge in [0.05, 0.1) is 0 Å². The first-order chi connectivity index (χ1) is 8.63. The molecule has 6 heteroatoms. The van der Waals surface area contributed by atoms with Gasteiger partial charge < -0.3 is 15.4 Å². The Bertz CT molecular complexity index is 369. The van der Waals surface area contributed by atoms with Gasteiger partial charge in [-0.05, 0) is 30.8 Å². The molecule has 1 rings (SSSR count). The van der Waals surface area contributed by atoms with Gasteiger partial charge in [-0.25, -0.2) is 0 Å². The Kier molecular flexibility index (Phi) is 6.07. The van der Waals surface area contributed by atoms with E-state index in [1.807, 2.05) is 6.92 Å². The summed E-state index contributed by atoms with van der Waals surface area (Å²) in [7, 11) is 0. The van der Waals surface area contributed by atoms with Gasteiger partial charge >= 0.3 is 6.61 Å². The first-order valence-corrected chi connectivity index (χ1v) is 5.67. The Morgan fingerprint density at radius 2 is 1.94 bits per heavy atom. The molecule has 0 bridgehead atoms. The normalized spacial score (nSPS) is 10.4. The van der Waals surface area contributed by atoms with Crippen molar-refractivity contribution in [1.82, 2.24) is 10.6 Å². The molecular formula is C12H16F2N2O2. The standard InChI is InChI=1S/C12H16F2N2O2/c1-2-15-7-8-16-11(17)9-3-5-10(6-4-9)18-12(13)14/h3-6,12,15H,2,7-8H2,1H3,(H,16,17). The van der Waals surface area contributed by atoms with Crippen molar-refractivity contribution in [3.8, 4) is 5.75 Å². The number of amides is 1. The lowest BCUT2D eigenvalue weighted by Crippen LogP contribution is -2.31. The zero-order valence-electron chi connectivity index (χ0n) is 10.1. The highest BCUT2D eigenvalue weighted by molar-refractivity contribution is 5.94. The van der Waals surface area contributed by atoms with Crippen molar-refractivity contribution < 1.29 is 18.3 Å². The third-order valence-corrected chi connectivity index (χ3v) is 2.18. The van der Waals surface area contributed by atoms with Crippen molar-refractivity contribution in [3.63, 3.8) is 0 Å². The monoisotopic (exact) mass is 258 g/mol. The second-order valence-corrected chi connectivity index (χ2v) is 3.51. The van der Waals surface area contributed by atoms with Crippen molar-refractivity contribution in [2.24, 2.45) is 0 Å². The highest BCUT2D eigenvalue weighted by Crippen LogP contribution is 2.14. The van der Waals surface area contributed by atoms with Gasteiger partial charge in [0.1, 0.15) is 5.75 Å². The van der Waals surface area contributed by atoms with Crippen LogP contribution < -0.4 is 15.4 Å². The number of benzene rings is 1. The molecule has 2 N–H and O–H groups in total. The van der Waals surface area contributed by atoms with Gasteiger partial charge in [0.25, 0.3) is 5.91 Å². The van der Waals surface area contributed by atoms with E-state index in [0.29, 0.717) is 18.7 Å². The van der Waals surface area contributed by atoms with Gasteiger partial charge in [0.15, 0.2) is 0 Å². The number of carbonyl (C=O) groups excluding carboxylic acids is 1. The van der Waals surface area contributed by atoms with Gasteiger partial charge in [0.2, 0.25) is 0 Å². The number of hydrogen-bond donors (Lipinski definition) is 2. The summed E-state index contributed by atoms with van der Waals surface area (Å²) in [4.78, 5) is 11.6. The third kappa shape index (κ3) is 5.09. The Morgan fingerprint density at radius 1 is 1.28 bits per heavy atom. The van der Waals surface area contributed by atoms with Crippen LogP contribution in [0.25, 0.3) is 0 Å². The van der Waals surface area contributed by atoms with Crippen LogP contribution >= 0.6 is 0 Å². The van der Waals surface area contributed by atoms with Crippen LogP contribution in [0.15, 0.2) is 24.3 Å². The van der Waals surface area contributed by atoms with E-state index < -0.39 is 6.61 Å². The lowest BCUT2D eigenvalue weighted by atomic mass is 10.2. The Hall–Kier alpha value is -1.69. The second kappa shape index (κ2) is 7.60. The van der Waals surface area contributed by atoms with E-state index in [4.69, 9.17) is 0 Å². The molecule has 0 aliphatic heterocycles. The number of alkyl halides is 2. The molecule has 0 spiro atoms. The summed E-state index contributed by atoms with van der Waals surface area (Å²) in [5.41, 5.74) is 0.410. The van der Waals surface area contributed by atoms with E-state index in [2.05, 4.69) is 15.4 Å². The van der Waals surface area contributed by atoms with E-state index in [1.165, 1.54) is 24.3 Å². The van der Waals surface area contributed by atoms with Crippen LogP contribution in [0.5, 0.6) is 5.75 Å². The van der Waals surface area contributed by atoms with E-state index in [-0.39, 0.29) is 11.7 Å². The molecule has 100 valence electrons. The van der Waals surface area contributed by atoms with Crippen molar-refractivity contribution in [1.29, 1.82) is 0 Å². The van der Waals surface area contributed by atoms with Crippen LogP contribution in [0.2, 0.25) is 0 Å². The van der Waals surface area contributed by atoms with Gasteiger partial charge in [-0.3, -0.25) is 4.79 Å². The fourth-order valence-electron chi connectivity index (χ4n) is 1.33. The SMILES string of the molecule is CCNCCNC(=O)c1ccc(OC(F)F)cc1. The number of nitrogens with one attached hydrogen (secondary N) is 2. The summed E-state index contributed by atoms with van der Waals surface area (Å²) in [5, 5.41) is 5.77. The van der Waals surface area contributed by atoms with Crippen molar-refractivity contribution in [2.45, 2.75) is 13.5 Å². The van der Waals surface area contributed by atoms with Gasteiger partial charge in [0, 0.05) is 18.7 Å². The zero-order chi connectivity index (χ0) is 13.4. The summed E-state index contributed by atoms with van der Waals surface area (Å²) in [6, 6.07) is 5.57. The largest absolute Gasteiger partial charge is 0.435 e. The predicted molar refractivity (Wildman–Crippen MR) is 64.0 cm³/mol. The zero-order valence-corrected chi connectivity index (χ0v) is 10.1. The van der Waals surface area contributed by atoms with E-state index >= 15 is 0 Å². The molecule has 0 aliphatic carbocycles.